The monoisotopic (exact) mass is 400 g/mol. The standard InChI is InChI=1S/C23H44O5/c1-2-3-4-5-6-7-8-9-10-11-12-13-14-15-16-17-27-23-21(26)19-28-22(23)20(25)18-24/h2,20-26H,1,3-19H2/t20-,21+,22-,23-/m0/s1. The summed E-state index contributed by atoms with van der Waals surface area (Å²) >= 11 is 0. The van der Waals surface area contributed by atoms with Gasteiger partial charge in [0.2, 0.25) is 0 Å². The minimum absolute atomic E-state index is 0.154. The molecule has 0 aromatic rings. The van der Waals surface area contributed by atoms with Crippen LogP contribution in [0.25, 0.3) is 0 Å². The van der Waals surface area contributed by atoms with Crippen molar-refractivity contribution in [3.8, 4) is 0 Å². The number of allylic oxidation sites excluding steroid dienone is 1. The first-order valence-corrected chi connectivity index (χ1v) is 11.5. The Labute approximate surface area is 172 Å². The van der Waals surface area contributed by atoms with Crippen molar-refractivity contribution in [2.24, 2.45) is 0 Å². The summed E-state index contributed by atoms with van der Waals surface area (Å²) in [7, 11) is 0. The summed E-state index contributed by atoms with van der Waals surface area (Å²) in [5.74, 6) is 0. The summed E-state index contributed by atoms with van der Waals surface area (Å²) in [4.78, 5) is 0. The van der Waals surface area contributed by atoms with Gasteiger partial charge in [0.05, 0.1) is 13.2 Å². The Kier molecular flexibility index (Phi) is 15.9. The van der Waals surface area contributed by atoms with Crippen LogP contribution in [0.2, 0.25) is 0 Å². The average Bonchev–Trinajstić information content (AvgIpc) is 3.07. The van der Waals surface area contributed by atoms with E-state index in [0.717, 1.165) is 19.3 Å². The van der Waals surface area contributed by atoms with Gasteiger partial charge in [-0.2, -0.15) is 0 Å². The first kappa shape index (κ1) is 25.6. The van der Waals surface area contributed by atoms with E-state index in [0.29, 0.717) is 6.61 Å². The summed E-state index contributed by atoms with van der Waals surface area (Å²) < 4.78 is 11.0. The van der Waals surface area contributed by atoms with Crippen molar-refractivity contribution in [2.45, 2.75) is 114 Å². The third kappa shape index (κ3) is 11.5. The van der Waals surface area contributed by atoms with Crippen molar-refractivity contribution >= 4 is 0 Å². The molecule has 1 fully saturated rings. The third-order valence-corrected chi connectivity index (χ3v) is 5.59. The highest BCUT2D eigenvalue weighted by atomic mass is 16.6. The normalized spacial score (nSPS) is 23.2. The van der Waals surface area contributed by atoms with Gasteiger partial charge in [-0.3, -0.25) is 0 Å². The van der Waals surface area contributed by atoms with E-state index >= 15 is 0 Å². The quantitative estimate of drug-likeness (QED) is 0.224. The highest BCUT2D eigenvalue weighted by Crippen LogP contribution is 2.21. The maximum absolute atomic E-state index is 9.88. The second-order valence-electron chi connectivity index (χ2n) is 8.12. The summed E-state index contributed by atoms with van der Waals surface area (Å²) in [5, 5.41) is 28.6. The SMILES string of the molecule is C=CCCCCCCCCCCCCCCCO[C@@H]1[C@H]([C@@H](O)CO)OC[C@H]1O. The second kappa shape index (κ2) is 17.4. The molecule has 1 aliphatic rings. The Morgan fingerprint density at radius 3 is 1.89 bits per heavy atom. The van der Waals surface area contributed by atoms with Crippen LogP contribution in [0.4, 0.5) is 0 Å². The van der Waals surface area contributed by atoms with Crippen LogP contribution in [0.1, 0.15) is 89.9 Å². The molecule has 166 valence electrons. The van der Waals surface area contributed by atoms with Gasteiger partial charge in [-0.05, 0) is 19.3 Å². The highest BCUT2D eigenvalue weighted by Gasteiger charge is 2.40. The lowest BCUT2D eigenvalue weighted by Gasteiger charge is -2.23. The fourth-order valence-electron chi connectivity index (χ4n) is 3.81. The van der Waals surface area contributed by atoms with E-state index in [1.807, 2.05) is 6.08 Å². The molecule has 5 nitrogen and oxygen atoms in total. The molecule has 1 heterocycles. The second-order valence-corrected chi connectivity index (χ2v) is 8.12. The molecule has 0 saturated carbocycles. The number of aliphatic hydroxyl groups is 3. The predicted octanol–water partition coefficient (Wildman–Crippen LogP) is 4.13. The average molecular weight is 401 g/mol. The molecular formula is C23H44O5. The van der Waals surface area contributed by atoms with Crippen molar-refractivity contribution in [2.75, 3.05) is 19.8 Å². The van der Waals surface area contributed by atoms with E-state index in [-0.39, 0.29) is 13.2 Å². The van der Waals surface area contributed by atoms with Gasteiger partial charge in [-0.15, -0.1) is 6.58 Å². The van der Waals surface area contributed by atoms with E-state index in [4.69, 9.17) is 14.6 Å². The van der Waals surface area contributed by atoms with E-state index in [1.54, 1.807) is 0 Å². The number of hydrogen-bond acceptors (Lipinski definition) is 5. The van der Waals surface area contributed by atoms with Crippen molar-refractivity contribution in [3.63, 3.8) is 0 Å². The molecule has 5 heteroatoms. The highest BCUT2D eigenvalue weighted by molar-refractivity contribution is 4.89. The molecule has 0 amide bonds. The molecule has 0 aliphatic carbocycles. The van der Waals surface area contributed by atoms with Gasteiger partial charge >= 0.3 is 0 Å². The van der Waals surface area contributed by atoms with Crippen molar-refractivity contribution in [1.82, 2.24) is 0 Å². The lowest BCUT2D eigenvalue weighted by molar-refractivity contribution is -0.0938. The largest absolute Gasteiger partial charge is 0.394 e. The number of ether oxygens (including phenoxy) is 2. The van der Waals surface area contributed by atoms with Crippen LogP contribution < -0.4 is 0 Å². The van der Waals surface area contributed by atoms with Crippen molar-refractivity contribution in [3.05, 3.63) is 12.7 Å². The Balaban J connectivity index is 1.85. The van der Waals surface area contributed by atoms with Gasteiger partial charge in [0, 0.05) is 6.61 Å². The molecule has 0 aromatic heterocycles. The molecular weight excluding hydrogens is 356 g/mol. The number of rotatable bonds is 19. The van der Waals surface area contributed by atoms with Crippen molar-refractivity contribution < 1.29 is 24.8 Å². The van der Waals surface area contributed by atoms with E-state index in [9.17, 15) is 10.2 Å². The molecule has 0 unspecified atom stereocenters. The predicted molar refractivity (Wildman–Crippen MR) is 113 cm³/mol. The smallest absolute Gasteiger partial charge is 0.114 e. The first-order valence-electron chi connectivity index (χ1n) is 11.5. The topological polar surface area (TPSA) is 79.2 Å². The Morgan fingerprint density at radius 2 is 1.39 bits per heavy atom. The van der Waals surface area contributed by atoms with Crippen LogP contribution in [-0.4, -0.2) is 59.6 Å². The minimum Gasteiger partial charge on any atom is -0.394 e. The number of hydrogen-bond donors (Lipinski definition) is 3. The lowest BCUT2D eigenvalue weighted by atomic mass is 10.0. The number of unbranched alkanes of at least 4 members (excludes halogenated alkanes) is 13. The van der Waals surface area contributed by atoms with Crippen LogP contribution in [0.15, 0.2) is 12.7 Å². The molecule has 1 saturated heterocycles. The van der Waals surface area contributed by atoms with Crippen LogP contribution in [0, 0.1) is 0 Å². The van der Waals surface area contributed by atoms with Crippen LogP contribution in [-0.2, 0) is 9.47 Å². The molecule has 1 aliphatic heterocycles. The van der Waals surface area contributed by atoms with E-state index in [1.165, 1.54) is 70.6 Å². The van der Waals surface area contributed by atoms with Gasteiger partial charge in [-0.1, -0.05) is 76.7 Å². The molecule has 0 bridgehead atoms. The Hall–Kier alpha value is -0.460. The fraction of sp³-hybridized carbons (Fsp3) is 0.913. The Morgan fingerprint density at radius 1 is 0.893 bits per heavy atom. The first-order chi connectivity index (χ1) is 13.7. The van der Waals surface area contributed by atoms with Gasteiger partial charge in [0.25, 0.3) is 0 Å². The Bertz CT molecular complexity index is 363. The summed E-state index contributed by atoms with van der Waals surface area (Å²) in [6, 6.07) is 0. The summed E-state index contributed by atoms with van der Waals surface area (Å²) in [6.45, 7) is 4.09. The summed E-state index contributed by atoms with van der Waals surface area (Å²) in [5.41, 5.74) is 0. The molecule has 4 atom stereocenters. The molecule has 3 N–H and O–H groups in total. The van der Waals surface area contributed by atoms with Crippen LogP contribution in [0.3, 0.4) is 0 Å². The minimum atomic E-state index is -1.00. The van der Waals surface area contributed by atoms with E-state index < -0.39 is 24.4 Å². The van der Waals surface area contributed by atoms with Gasteiger partial charge in [0.15, 0.2) is 0 Å². The fourth-order valence-corrected chi connectivity index (χ4v) is 3.81. The zero-order valence-corrected chi connectivity index (χ0v) is 17.8. The van der Waals surface area contributed by atoms with E-state index in [2.05, 4.69) is 6.58 Å². The molecule has 1 rings (SSSR count). The lowest BCUT2D eigenvalue weighted by Crippen LogP contribution is -2.42. The third-order valence-electron chi connectivity index (χ3n) is 5.59. The van der Waals surface area contributed by atoms with Crippen molar-refractivity contribution in [1.29, 1.82) is 0 Å². The zero-order chi connectivity index (χ0) is 20.5. The van der Waals surface area contributed by atoms with Crippen LogP contribution in [0.5, 0.6) is 0 Å². The molecule has 0 spiro atoms. The van der Waals surface area contributed by atoms with Crippen LogP contribution >= 0.6 is 0 Å². The van der Waals surface area contributed by atoms with Gasteiger partial charge in [-0.25, -0.2) is 0 Å². The maximum atomic E-state index is 9.88. The molecule has 0 aromatic carbocycles. The molecule has 28 heavy (non-hydrogen) atoms. The van der Waals surface area contributed by atoms with Gasteiger partial charge < -0.3 is 24.8 Å². The summed E-state index contributed by atoms with van der Waals surface area (Å²) in [6.07, 6.45) is 17.1. The maximum Gasteiger partial charge on any atom is 0.114 e. The number of aliphatic hydroxyl groups excluding tert-OH is 3. The van der Waals surface area contributed by atoms with Gasteiger partial charge in [0.1, 0.15) is 24.4 Å². The molecule has 0 radical (unpaired) electrons. The zero-order valence-electron chi connectivity index (χ0n) is 17.8.